The molecule has 0 saturated carbocycles. The number of amides is 4. The minimum Gasteiger partial charge on any atom is -0.491 e. The summed E-state index contributed by atoms with van der Waals surface area (Å²) in [6.45, 7) is 10.2. The number of carbonyl (C=O) groups excluding carboxylic acids is 4. The summed E-state index contributed by atoms with van der Waals surface area (Å²) in [5, 5.41) is 33.9. The second-order valence-electron chi connectivity index (χ2n) is 12.0. The van der Waals surface area contributed by atoms with Gasteiger partial charge in [-0.3, -0.25) is 19.2 Å². The third kappa shape index (κ3) is 11.4. The Hall–Kier alpha value is -5.48. The van der Waals surface area contributed by atoms with Gasteiger partial charge >= 0.3 is 0 Å². The molecule has 13 heteroatoms. The molecule has 13 nitrogen and oxygen atoms in total. The number of nitriles is 1. The molecule has 3 atom stereocenters. The van der Waals surface area contributed by atoms with Gasteiger partial charge in [0.05, 0.1) is 6.10 Å². The Morgan fingerprint density at radius 2 is 1.68 bits per heavy atom. The third-order valence-electron chi connectivity index (χ3n) is 6.59. The highest BCUT2D eigenvalue weighted by Crippen LogP contribution is 2.16. The van der Waals surface area contributed by atoms with Crippen molar-refractivity contribution < 1.29 is 33.5 Å². The van der Waals surface area contributed by atoms with Gasteiger partial charge in [0.2, 0.25) is 11.8 Å². The predicted molar refractivity (Wildman–Crippen MR) is 173 cm³/mol. The zero-order valence-corrected chi connectivity index (χ0v) is 27.2. The summed E-state index contributed by atoms with van der Waals surface area (Å²) >= 11 is 0. The lowest BCUT2D eigenvalue weighted by molar-refractivity contribution is -0.132. The van der Waals surface area contributed by atoms with Crippen LogP contribution in [0.15, 0.2) is 64.7 Å². The normalized spacial score (nSPS) is 13.4. The molecule has 0 aliphatic rings. The minimum atomic E-state index is -1.43. The van der Waals surface area contributed by atoms with Crippen LogP contribution < -0.4 is 26.0 Å². The van der Waals surface area contributed by atoms with Gasteiger partial charge in [-0.05, 0) is 70.9 Å². The van der Waals surface area contributed by atoms with Crippen molar-refractivity contribution in [1.82, 2.24) is 26.4 Å². The van der Waals surface area contributed by atoms with Crippen LogP contribution in [0.5, 0.6) is 5.75 Å². The molecule has 0 fully saturated rings. The van der Waals surface area contributed by atoms with Crippen molar-refractivity contribution in [3.8, 4) is 11.8 Å². The lowest BCUT2D eigenvalue weighted by Crippen LogP contribution is -2.58. The predicted octanol–water partition coefficient (Wildman–Crippen LogP) is 2.47. The number of hydrogen-bond acceptors (Lipinski definition) is 9. The van der Waals surface area contributed by atoms with Crippen LogP contribution >= 0.6 is 0 Å². The molecule has 0 spiro atoms. The number of rotatable bonds is 13. The number of carbonyl (C=O) groups is 4. The molecule has 0 aliphatic heterocycles. The van der Waals surface area contributed by atoms with Gasteiger partial charge in [-0.15, -0.1) is 0 Å². The van der Waals surface area contributed by atoms with Crippen molar-refractivity contribution in [2.24, 2.45) is 0 Å². The van der Waals surface area contributed by atoms with Gasteiger partial charge in [0.25, 0.3) is 11.8 Å². The number of aliphatic hydroxyl groups is 1. The van der Waals surface area contributed by atoms with Gasteiger partial charge in [-0.2, -0.15) is 5.26 Å². The summed E-state index contributed by atoms with van der Waals surface area (Å²) < 4.78 is 10.7. The summed E-state index contributed by atoms with van der Waals surface area (Å²) in [5.41, 5.74) is 1.80. The number of benzene rings is 2. The zero-order chi connectivity index (χ0) is 34.7. The molecule has 1 heterocycles. The van der Waals surface area contributed by atoms with Crippen LogP contribution in [-0.4, -0.2) is 64.2 Å². The molecule has 0 unspecified atom stereocenters. The molecule has 248 valence electrons. The zero-order valence-electron chi connectivity index (χ0n) is 27.2. The van der Waals surface area contributed by atoms with E-state index >= 15 is 0 Å². The minimum absolute atomic E-state index is 0.0694. The molecule has 0 aliphatic carbocycles. The topological polar surface area (TPSA) is 196 Å². The van der Waals surface area contributed by atoms with Gasteiger partial charge in [0.1, 0.15) is 41.8 Å². The van der Waals surface area contributed by atoms with E-state index < -0.39 is 47.4 Å². The molecule has 1 aromatic heterocycles. The first-order valence-electron chi connectivity index (χ1n) is 14.9. The fourth-order valence-corrected chi connectivity index (χ4v) is 4.12. The van der Waals surface area contributed by atoms with Gasteiger partial charge in [-0.1, -0.05) is 47.1 Å². The molecule has 0 radical (unpaired) electrons. The van der Waals surface area contributed by atoms with Crippen LogP contribution in [-0.2, 0) is 20.9 Å². The summed E-state index contributed by atoms with van der Waals surface area (Å²) in [6.07, 6.45) is 0.116. The summed E-state index contributed by atoms with van der Waals surface area (Å²) in [6, 6.07) is 14.6. The van der Waals surface area contributed by atoms with E-state index in [1.165, 1.54) is 19.1 Å². The van der Waals surface area contributed by atoms with Crippen LogP contribution in [0.4, 0.5) is 0 Å². The number of aryl methyl sites for hydroxylation is 2. The molecular weight excluding hydrogens is 604 g/mol. The van der Waals surface area contributed by atoms with Crippen molar-refractivity contribution in [3.63, 3.8) is 0 Å². The maximum atomic E-state index is 13.3. The van der Waals surface area contributed by atoms with Crippen LogP contribution in [0.1, 0.15) is 60.6 Å². The fourth-order valence-electron chi connectivity index (χ4n) is 4.12. The number of nitrogens with zero attached hydrogens (tertiary/aromatic N) is 2. The van der Waals surface area contributed by atoms with Crippen molar-refractivity contribution >= 4 is 29.7 Å². The Morgan fingerprint density at radius 1 is 1.02 bits per heavy atom. The van der Waals surface area contributed by atoms with Gasteiger partial charge in [0.15, 0.2) is 5.69 Å². The molecule has 47 heavy (non-hydrogen) atoms. The molecule has 0 saturated heterocycles. The number of aromatic nitrogens is 1. The van der Waals surface area contributed by atoms with Crippen LogP contribution in [0, 0.1) is 25.2 Å². The van der Waals surface area contributed by atoms with E-state index in [0.717, 1.165) is 11.1 Å². The van der Waals surface area contributed by atoms with E-state index in [1.54, 1.807) is 31.2 Å². The van der Waals surface area contributed by atoms with E-state index in [4.69, 9.17) is 9.26 Å². The molecule has 3 rings (SSSR count). The highest BCUT2D eigenvalue weighted by Gasteiger charge is 2.31. The molecule has 3 aromatic rings. The van der Waals surface area contributed by atoms with E-state index in [9.17, 15) is 29.5 Å². The smallest absolute Gasteiger partial charge is 0.274 e. The maximum Gasteiger partial charge on any atom is 0.274 e. The number of nitrogens with one attached hydrogen (secondary N) is 4. The Morgan fingerprint density at radius 3 is 2.23 bits per heavy atom. The molecule has 0 bridgehead atoms. The monoisotopic (exact) mass is 644 g/mol. The quantitative estimate of drug-likeness (QED) is 0.137. The Balaban J connectivity index is 1.74. The van der Waals surface area contributed by atoms with E-state index in [0.29, 0.717) is 17.1 Å². The van der Waals surface area contributed by atoms with E-state index in [-0.39, 0.29) is 24.4 Å². The Bertz CT molecular complexity index is 1630. The Labute approximate surface area is 273 Å². The highest BCUT2D eigenvalue weighted by molar-refractivity contribution is 6.02. The van der Waals surface area contributed by atoms with Crippen molar-refractivity contribution in [3.05, 3.63) is 88.3 Å². The summed E-state index contributed by atoms with van der Waals surface area (Å²) in [5.74, 6) is -1.92. The lowest BCUT2D eigenvalue weighted by Gasteiger charge is -2.24. The fraction of sp³-hybridized carbons (Fsp3) is 0.353. The number of hydrogen-bond donors (Lipinski definition) is 5. The number of ether oxygens (including phenoxy) is 1. The van der Waals surface area contributed by atoms with Crippen LogP contribution in [0.2, 0.25) is 0 Å². The lowest BCUT2D eigenvalue weighted by atomic mass is 10.1. The average molecular weight is 645 g/mol. The van der Waals surface area contributed by atoms with Gasteiger partial charge in [-0.25, -0.2) is 0 Å². The Kier molecular flexibility index (Phi) is 12.4. The van der Waals surface area contributed by atoms with Crippen LogP contribution in [0.25, 0.3) is 6.08 Å². The standard InChI is InChI=1S/C34H40N6O7/c1-20-7-9-24(10-8-20)18-36-31(43)28(37-33(45)29(22(3)41)38-32(44)27-15-21(2)47-40-27)19-46-26-13-11-23(12-14-26)16-25(17-35)30(42)39-34(4,5)6/h7-16,22,28-29,41H,18-19H2,1-6H3,(H,36,43)(H,37,45)(H,38,44)(H,39,42)/t22-,28+,29+/m1/s1. The van der Waals surface area contributed by atoms with Gasteiger partial charge in [0, 0.05) is 18.2 Å². The largest absolute Gasteiger partial charge is 0.491 e. The van der Waals surface area contributed by atoms with Crippen LogP contribution in [0.3, 0.4) is 0 Å². The highest BCUT2D eigenvalue weighted by atomic mass is 16.5. The summed E-state index contributed by atoms with van der Waals surface area (Å²) in [7, 11) is 0. The molecule has 4 amide bonds. The second kappa shape index (κ2) is 16.2. The number of aliphatic hydroxyl groups excluding tert-OH is 1. The van der Waals surface area contributed by atoms with Crippen molar-refractivity contribution in [2.45, 2.75) is 71.8 Å². The summed E-state index contributed by atoms with van der Waals surface area (Å²) in [4.78, 5) is 51.6. The first-order chi connectivity index (χ1) is 22.1. The maximum absolute atomic E-state index is 13.3. The third-order valence-corrected chi connectivity index (χ3v) is 6.59. The molecular formula is C34H40N6O7. The van der Waals surface area contributed by atoms with Crippen molar-refractivity contribution in [1.29, 1.82) is 5.26 Å². The van der Waals surface area contributed by atoms with Crippen molar-refractivity contribution in [2.75, 3.05) is 6.61 Å². The molecule has 5 N–H and O–H groups in total. The SMILES string of the molecule is Cc1ccc(CNC(=O)[C@H](COc2ccc(C=C(C#N)C(=O)NC(C)(C)C)cc2)NC(=O)[C@@H](NC(=O)c2cc(C)on2)[C@@H](C)O)cc1. The van der Waals surface area contributed by atoms with E-state index in [1.807, 2.05) is 58.0 Å². The first-order valence-corrected chi connectivity index (χ1v) is 14.9. The first kappa shape index (κ1) is 36.0. The van der Waals surface area contributed by atoms with E-state index in [2.05, 4.69) is 26.4 Å². The van der Waals surface area contributed by atoms with Gasteiger partial charge < -0.3 is 35.6 Å². The average Bonchev–Trinajstić information content (AvgIpc) is 3.45. The second-order valence-corrected chi connectivity index (χ2v) is 12.0. The molecule has 2 aromatic carbocycles.